The van der Waals surface area contributed by atoms with Crippen LogP contribution >= 0.6 is 0 Å². The zero-order valence-electron chi connectivity index (χ0n) is 7.43. The van der Waals surface area contributed by atoms with Crippen LogP contribution in [0.5, 0.6) is 0 Å². The quantitative estimate of drug-likeness (QED) is 0.629. The smallest absolute Gasteiger partial charge is 0.415 e. The van der Waals surface area contributed by atoms with Gasteiger partial charge in [-0.2, -0.15) is 5.26 Å². The molecule has 1 heterocycles. The predicted octanol–water partition coefficient (Wildman–Crippen LogP) is 0.713. The number of rotatable bonds is 2. The third kappa shape index (κ3) is 2.37. The van der Waals surface area contributed by atoms with Crippen LogP contribution in [0.2, 0.25) is 0 Å². The lowest BCUT2D eigenvalue weighted by molar-refractivity contribution is 0.132. The molecule has 1 rings (SSSR count). The molecule has 0 fully saturated rings. The molecule has 0 aliphatic carbocycles. The topological polar surface area (TPSA) is 56.6 Å². The first kappa shape index (κ1) is 9.39. The van der Waals surface area contributed by atoms with Crippen molar-refractivity contribution in [2.75, 3.05) is 20.3 Å². The predicted molar refractivity (Wildman–Crippen MR) is 45.2 cm³/mol. The number of ether oxygens (including phenoxy) is 1. The van der Waals surface area contributed by atoms with Crippen molar-refractivity contribution in [3.05, 3.63) is 12.4 Å². The lowest BCUT2D eigenvalue weighted by atomic mass is 10.4. The van der Waals surface area contributed by atoms with Crippen molar-refractivity contribution in [1.29, 1.82) is 5.26 Å². The van der Waals surface area contributed by atoms with Gasteiger partial charge in [0.15, 0.2) is 0 Å². The third-order valence-electron chi connectivity index (χ3n) is 1.71. The minimum Gasteiger partial charge on any atom is -0.452 e. The van der Waals surface area contributed by atoms with Crippen LogP contribution in [-0.4, -0.2) is 36.2 Å². The first-order valence-corrected chi connectivity index (χ1v) is 3.92. The Morgan fingerprint density at radius 3 is 3.08 bits per heavy atom. The number of amides is 1. The Labute approximate surface area is 76.8 Å². The van der Waals surface area contributed by atoms with E-state index >= 15 is 0 Å². The van der Waals surface area contributed by atoms with E-state index in [1.54, 1.807) is 12.4 Å². The van der Waals surface area contributed by atoms with Crippen molar-refractivity contribution >= 4 is 6.09 Å². The van der Waals surface area contributed by atoms with Gasteiger partial charge in [-0.3, -0.25) is 4.90 Å². The monoisotopic (exact) mass is 181 g/mol. The number of nitriles is 1. The zero-order chi connectivity index (χ0) is 9.68. The molecule has 5 nitrogen and oxygen atoms in total. The maximum atomic E-state index is 11.0. The van der Waals surface area contributed by atoms with Gasteiger partial charge >= 0.3 is 6.09 Å². The van der Waals surface area contributed by atoms with E-state index < -0.39 is 0 Å². The summed E-state index contributed by atoms with van der Waals surface area (Å²) >= 11 is 0. The van der Waals surface area contributed by atoms with Crippen molar-refractivity contribution in [2.24, 2.45) is 0 Å². The van der Waals surface area contributed by atoms with Gasteiger partial charge in [-0.05, 0) is 0 Å². The first-order chi connectivity index (χ1) is 6.27. The number of hydrogen-bond donors (Lipinski definition) is 0. The summed E-state index contributed by atoms with van der Waals surface area (Å²) in [5.41, 5.74) is 0. The molecule has 1 amide bonds. The van der Waals surface area contributed by atoms with E-state index in [0.29, 0.717) is 19.6 Å². The summed E-state index contributed by atoms with van der Waals surface area (Å²) in [7, 11) is 1.34. The van der Waals surface area contributed by atoms with Crippen LogP contribution in [0.3, 0.4) is 0 Å². The highest BCUT2D eigenvalue weighted by Gasteiger charge is 2.18. The summed E-state index contributed by atoms with van der Waals surface area (Å²) in [5, 5.41) is 8.34. The highest BCUT2D eigenvalue weighted by molar-refractivity contribution is 5.68. The number of carbonyl (C=O) groups excluding carboxylic acids is 1. The van der Waals surface area contributed by atoms with Crippen molar-refractivity contribution < 1.29 is 9.53 Å². The molecule has 0 aromatic rings. The average Bonchev–Trinajstić information content (AvgIpc) is 2.62. The summed E-state index contributed by atoms with van der Waals surface area (Å²) in [4.78, 5) is 14.3. The van der Waals surface area contributed by atoms with E-state index in [4.69, 9.17) is 5.26 Å². The second kappa shape index (κ2) is 4.36. The lowest BCUT2D eigenvalue weighted by Gasteiger charge is -2.17. The molecule has 0 saturated carbocycles. The SMILES string of the molecule is COC(=O)N1C=CN(CCC#N)C1. The molecule has 0 radical (unpaired) electrons. The molecular formula is C8H11N3O2. The van der Waals surface area contributed by atoms with Gasteiger partial charge in [0.1, 0.15) is 6.67 Å². The Kier molecular flexibility index (Phi) is 3.15. The zero-order valence-corrected chi connectivity index (χ0v) is 7.43. The van der Waals surface area contributed by atoms with Crippen molar-refractivity contribution in [3.63, 3.8) is 0 Å². The first-order valence-electron chi connectivity index (χ1n) is 3.92. The fourth-order valence-corrected chi connectivity index (χ4v) is 1.04. The van der Waals surface area contributed by atoms with Crippen LogP contribution in [0.4, 0.5) is 4.79 Å². The van der Waals surface area contributed by atoms with Crippen LogP contribution in [0.25, 0.3) is 0 Å². The fourth-order valence-electron chi connectivity index (χ4n) is 1.04. The standard InChI is InChI=1S/C8H11N3O2/c1-13-8(12)11-6-5-10(7-11)4-2-3-9/h5-6H,2,4,7H2,1H3. The minimum atomic E-state index is -0.379. The number of hydrogen-bond acceptors (Lipinski definition) is 4. The molecule has 0 aromatic carbocycles. The molecule has 1 aliphatic rings. The van der Waals surface area contributed by atoms with Crippen molar-refractivity contribution in [1.82, 2.24) is 9.80 Å². The molecule has 0 aromatic heterocycles. The molecule has 0 unspecified atom stereocenters. The van der Waals surface area contributed by atoms with Gasteiger partial charge in [-0.1, -0.05) is 0 Å². The molecule has 70 valence electrons. The maximum absolute atomic E-state index is 11.0. The second-order valence-corrected chi connectivity index (χ2v) is 2.60. The highest BCUT2D eigenvalue weighted by Crippen LogP contribution is 2.07. The Hall–Kier alpha value is -1.70. The van der Waals surface area contributed by atoms with Crippen molar-refractivity contribution in [3.8, 4) is 6.07 Å². The Morgan fingerprint density at radius 2 is 2.46 bits per heavy atom. The average molecular weight is 181 g/mol. The largest absolute Gasteiger partial charge is 0.452 e. The van der Waals surface area contributed by atoms with E-state index in [1.807, 2.05) is 11.0 Å². The second-order valence-electron chi connectivity index (χ2n) is 2.60. The van der Waals surface area contributed by atoms with Gasteiger partial charge in [0.25, 0.3) is 0 Å². The Balaban J connectivity index is 2.34. The molecule has 1 aliphatic heterocycles. The van der Waals surface area contributed by atoms with Gasteiger partial charge in [0, 0.05) is 18.9 Å². The van der Waals surface area contributed by atoms with Crippen LogP contribution in [0, 0.1) is 11.3 Å². The highest BCUT2D eigenvalue weighted by atomic mass is 16.5. The van der Waals surface area contributed by atoms with Gasteiger partial charge in [-0.15, -0.1) is 0 Å². The summed E-state index contributed by atoms with van der Waals surface area (Å²) in [5.74, 6) is 0. The Morgan fingerprint density at radius 1 is 1.69 bits per heavy atom. The Bertz CT molecular complexity index is 257. The fraction of sp³-hybridized carbons (Fsp3) is 0.500. The summed E-state index contributed by atoms with van der Waals surface area (Å²) in [6.45, 7) is 1.11. The normalized spacial score (nSPS) is 14.5. The van der Waals surface area contributed by atoms with E-state index in [0.717, 1.165) is 0 Å². The molecule has 5 heteroatoms. The van der Waals surface area contributed by atoms with E-state index in [9.17, 15) is 4.79 Å². The van der Waals surface area contributed by atoms with E-state index in [1.165, 1.54) is 12.0 Å². The van der Waals surface area contributed by atoms with Crippen LogP contribution in [0.15, 0.2) is 12.4 Å². The van der Waals surface area contributed by atoms with Crippen LogP contribution < -0.4 is 0 Å². The molecule has 13 heavy (non-hydrogen) atoms. The lowest BCUT2D eigenvalue weighted by Crippen LogP contribution is -2.30. The van der Waals surface area contributed by atoms with Gasteiger partial charge in [0.05, 0.1) is 19.6 Å². The van der Waals surface area contributed by atoms with Gasteiger partial charge < -0.3 is 9.64 Å². The summed E-state index contributed by atoms with van der Waals surface area (Å²) in [6.07, 6.45) is 3.49. The molecule has 0 saturated heterocycles. The summed E-state index contributed by atoms with van der Waals surface area (Å²) in [6, 6.07) is 2.04. The van der Waals surface area contributed by atoms with E-state index in [-0.39, 0.29) is 6.09 Å². The number of nitrogens with zero attached hydrogens (tertiary/aromatic N) is 3. The number of methoxy groups -OCH3 is 1. The van der Waals surface area contributed by atoms with Crippen LogP contribution in [0.1, 0.15) is 6.42 Å². The third-order valence-corrected chi connectivity index (χ3v) is 1.71. The van der Waals surface area contributed by atoms with E-state index in [2.05, 4.69) is 4.74 Å². The van der Waals surface area contributed by atoms with Gasteiger partial charge in [0.2, 0.25) is 0 Å². The van der Waals surface area contributed by atoms with Gasteiger partial charge in [-0.25, -0.2) is 4.79 Å². The summed E-state index contributed by atoms with van der Waals surface area (Å²) < 4.78 is 4.53. The van der Waals surface area contributed by atoms with Crippen molar-refractivity contribution in [2.45, 2.75) is 6.42 Å². The number of carbonyl (C=O) groups is 1. The molecular weight excluding hydrogens is 170 g/mol. The maximum Gasteiger partial charge on any atom is 0.415 e. The minimum absolute atomic E-state index is 0.379. The molecule has 0 spiro atoms. The molecule has 0 bridgehead atoms. The molecule has 0 N–H and O–H groups in total. The molecule has 0 atom stereocenters. The van der Waals surface area contributed by atoms with Crippen LogP contribution in [-0.2, 0) is 4.74 Å².